The van der Waals surface area contributed by atoms with Crippen LogP contribution in [0, 0.1) is 12.8 Å². The highest BCUT2D eigenvalue weighted by molar-refractivity contribution is 6.00. The fourth-order valence-corrected chi connectivity index (χ4v) is 4.44. The summed E-state index contributed by atoms with van der Waals surface area (Å²) in [5, 5.41) is 17.3. The summed E-state index contributed by atoms with van der Waals surface area (Å²) >= 11 is 0. The number of ether oxygens (including phenoxy) is 1. The molecule has 0 heterocycles. The van der Waals surface area contributed by atoms with Gasteiger partial charge in [0.05, 0.1) is 19.3 Å². The SMILES string of the molecule is CCCN(CCC)C(=O)c1cc(C)cc(C(=O)N[C@@H](CC(C)C)[C@H](O)CNCc2cccc(OC)c2)c1. The summed E-state index contributed by atoms with van der Waals surface area (Å²) in [4.78, 5) is 28.3. The lowest BCUT2D eigenvalue weighted by Gasteiger charge is -2.26. The molecule has 3 N–H and O–H groups in total. The van der Waals surface area contributed by atoms with Crippen LogP contribution >= 0.6 is 0 Å². The Balaban J connectivity index is 2.11. The molecule has 2 amide bonds. The number of aliphatic hydroxyl groups is 1. The number of hydrogen-bond acceptors (Lipinski definition) is 5. The zero-order chi connectivity index (χ0) is 27.4. The Morgan fingerprint density at radius 1 is 1.03 bits per heavy atom. The van der Waals surface area contributed by atoms with Gasteiger partial charge in [-0.1, -0.05) is 39.8 Å². The third-order valence-corrected chi connectivity index (χ3v) is 6.18. The molecule has 0 radical (unpaired) electrons. The van der Waals surface area contributed by atoms with Crippen LogP contribution in [-0.2, 0) is 6.54 Å². The maximum Gasteiger partial charge on any atom is 0.253 e. The molecule has 2 atom stereocenters. The summed E-state index contributed by atoms with van der Waals surface area (Å²) in [6.07, 6.45) is 1.62. The van der Waals surface area contributed by atoms with E-state index in [0.717, 1.165) is 29.7 Å². The summed E-state index contributed by atoms with van der Waals surface area (Å²) < 4.78 is 5.27. The van der Waals surface area contributed by atoms with Gasteiger partial charge in [-0.2, -0.15) is 0 Å². The topological polar surface area (TPSA) is 90.9 Å². The molecule has 204 valence electrons. The van der Waals surface area contributed by atoms with Gasteiger partial charge < -0.3 is 25.4 Å². The van der Waals surface area contributed by atoms with E-state index >= 15 is 0 Å². The van der Waals surface area contributed by atoms with Gasteiger partial charge in [0.15, 0.2) is 0 Å². The Kier molecular flexibility index (Phi) is 12.6. The third-order valence-electron chi connectivity index (χ3n) is 6.18. The van der Waals surface area contributed by atoms with E-state index in [-0.39, 0.29) is 17.7 Å². The first-order valence-corrected chi connectivity index (χ1v) is 13.4. The maximum atomic E-state index is 13.3. The van der Waals surface area contributed by atoms with E-state index in [0.29, 0.717) is 43.7 Å². The molecular formula is C30H45N3O4. The molecule has 0 saturated heterocycles. The number of amides is 2. The number of aliphatic hydroxyl groups excluding tert-OH is 1. The van der Waals surface area contributed by atoms with Crippen molar-refractivity contribution in [3.63, 3.8) is 0 Å². The van der Waals surface area contributed by atoms with Crippen molar-refractivity contribution in [2.24, 2.45) is 5.92 Å². The Bertz CT molecular complexity index is 1000. The van der Waals surface area contributed by atoms with Crippen molar-refractivity contribution in [1.82, 2.24) is 15.5 Å². The summed E-state index contributed by atoms with van der Waals surface area (Å²) in [5.74, 6) is 0.729. The monoisotopic (exact) mass is 511 g/mol. The molecule has 0 spiro atoms. The first-order chi connectivity index (χ1) is 17.7. The quantitative estimate of drug-likeness (QED) is 0.326. The highest BCUT2D eigenvalue weighted by Gasteiger charge is 2.24. The molecule has 0 fully saturated rings. The minimum Gasteiger partial charge on any atom is -0.497 e. The predicted octanol–water partition coefficient (Wildman–Crippen LogP) is 4.56. The van der Waals surface area contributed by atoms with E-state index in [1.807, 2.05) is 42.2 Å². The van der Waals surface area contributed by atoms with E-state index in [2.05, 4.69) is 38.3 Å². The van der Waals surface area contributed by atoms with Crippen molar-refractivity contribution < 1.29 is 19.4 Å². The van der Waals surface area contributed by atoms with Gasteiger partial charge in [0.1, 0.15) is 5.75 Å². The van der Waals surface area contributed by atoms with Crippen LogP contribution in [-0.4, -0.2) is 60.7 Å². The zero-order valence-electron chi connectivity index (χ0n) is 23.3. The number of nitrogens with zero attached hydrogens (tertiary/aromatic N) is 1. The molecule has 0 saturated carbocycles. The number of carbonyl (C=O) groups is 2. The highest BCUT2D eigenvalue weighted by Crippen LogP contribution is 2.16. The number of hydrogen-bond donors (Lipinski definition) is 3. The number of benzene rings is 2. The number of rotatable bonds is 15. The van der Waals surface area contributed by atoms with Gasteiger partial charge in [0, 0.05) is 37.3 Å². The van der Waals surface area contributed by atoms with Crippen LogP contribution in [0.2, 0.25) is 0 Å². The average Bonchev–Trinajstić information content (AvgIpc) is 2.87. The number of methoxy groups -OCH3 is 1. The molecular weight excluding hydrogens is 466 g/mol. The largest absolute Gasteiger partial charge is 0.497 e. The number of aryl methyl sites for hydroxylation is 1. The minimum atomic E-state index is -0.771. The van der Waals surface area contributed by atoms with Crippen LogP contribution in [0.15, 0.2) is 42.5 Å². The third kappa shape index (κ3) is 9.82. The van der Waals surface area contributed by atoms with Gasteiger partial charge in [-0.05, 0) is 73.6 Å². The fourth-order valence-electron chi connectivity index (χ4n) is 4.44. The molecule has 2 aromatic carbocycles. The molecule has 0 aliphatic rings. The zero-order valence-corrected chi connectivity index (χ0v) is 23.3. The summed E-state index contributed by atoms with van der Waals surface area (Å²) in [5.41, 5.74) is 2.85. The lowest BCUT2D eigenvalue weighted by atomic mass is 9.98. The lowest BCUT2D eigenvalue weighted by Crippen LogP contribution is -2.48. The predicted molar refractivity (Wildman–Crippen MR) is 149 cm³/mol. The van der Waals surface area contributed by atoms with Gasteiger partial charge in [-0.3, -0.25) is 9.59 Å². The molecule has 2 aromatic rings. The fraction of sp³-hybridized carbons (Fsp3) is 0.533. The van der Waals surface area contributed by atoms with Crippen molar-refractivity contribution >= 4 is 11.8 Å². The minimum absolute atomic E-state index is 0.0537. The second-order valence-corrected chi connectivity index (χ2v) is 10.1. The van der Waals surface area contributed by atoms with Gasteiger partial charge in [-0.15, -0.1) is 0 Å². The first kappa shape index (κ1) is 30.3. The van der Waals surface area contributed by atoms with Crippen molar-refractivity contribution in [1.29, 1.82) is 0 Å². The Morgan fingerprint density at radius 2 is 1.70 bits per heavy atom. The average molecular weight is 512 g/mol. The molecule has 0 aromatic heterocycles. The van der Waals surface area contributed by atoms with Gasteiger partial charge in [0.2, 0.25) is 0 Å². The van der Waals surface area contributed by atoms with Gasteiger partial charge in [-0.25, -0.2) is 0 Å². The van der Waals surface area contributed by atoms with Crippen molar-refractivity contribution in [3.05, 3.63) is 64.7 Å². The van der Waals surface area contributed by atoms with Crippen molar-refractivity contribution in [2.75, 3.05) is 26.7 Å². The van der Waals surface area contributed by atoms with Crippen LogP contribution in [0.25, 0.3) is 0 Å². The van der Waals surface area contributed by atoms with Crippen LogP contribution in [0.4, 0.5) is 0 Å². The Hall–Kier alpha value is -2.90. The second-order valence-electron chi connectivity index (χ2n) is 10.1. The number of nitrogens with one attached hydrogen (secondary N) is 2. The van der Waals surface area contributed by atoms with Crippen LogP contribution in [0.5, 0.6) is 5.75 Å². The second kappa shape index (κ2) is 15.4. The smallest absolute Gasteiger partial charge is 0.253 e. The Labute approximate surface area is 222 Å². The molecule has 2 rings (SSSR count). The molecule has 0 aliphatic carbocycles. The van der Waals surface area contributed by atoms with E-state index < -0.39 is 12.1 Å². The van der Waals surface area contributed by atoms with Crippen LogP contribution < -0.4 is 15.4 Å². The highest BCUT2D eigenvalue weighted by atomic mass is 16.5. The summed E-state index contributed by atoms with van der Waals surface area (Å²) in [6, 6.07) is 12.6. The van der Waals surface area contributed by atoms with Gasteiger partial charge >= 0.3 is 0 Å². The summed E-state index contributed by atoms with van der Waals surface area (Å²) in [6.45, 7) is 12.4. The van der Waals surface area contributed by atoms with E-state index in [4.69, 9.17) is 4.74 Å². The standard InChI is InChI=1S/C30H45N3O4/c1-7-12-33(13-8-2)30(36)25-16-22(5)15-24(18-25)29(35)32-27(14-21(3)4)28(34)20-31-19-23-10-9-11-26(17-23)37-6/h9-11,15-18,21,27-28,31,34H,7-8,12-14,19-20H2,1-6H3,(H,32,35)/t27-,28+/m0/s1. The van der Waals surface area contributed by atoms with Crippen molar-refractivity contribution in [2.45, 2.75) is 72.6 Å². The van der Waals surface area contributed by atoms with Crippen LogP contribution in [0.3, 0.4) is 0 Å². The van der Waals surface area contributed by atoms with Gasteiger partial charge in [0.25, 0.3) is 11.8 Å². The molecule has 0 aliphatic heterocycles. The lowest BCUT2D eigenvalue weighted by molar-refractivity contribution is 0.0755. The molecule has 7 heteroatoms. The molecule has 7 nitrogen and oxygen atoms in total. The Morgan fingerprint density at radius 3 is 2.32 bits per heavy atom. The molecule has 0 unspecified atom stereocenters. The first-order valence-electron chi connectivity index (χ1n) is 13.4. The summed E-state index contributed by atoms with van der Waals surface area (Å²) in [7, 11) is 1.63. The maximum absolute atomic E-state index is 13.3. The van der Waals surface area contributed by atoms with E-state index in [9.17, 15) is 14.7 Å². The normalized spacial score (nSPS) is 12.8. The van der Waals surface area contributed by atoms with E-state index in [1.165, 1.54) is 0 Å². The molecule has 0 bridgehead atoms. The van der Waals surface area contributed by atoms with Crippen molar-refractivity contribution in [3.8, 4) is 5.75 Å². The van der Waals surface area contributed by atoms with Crippen LogP contribution in [0.1, 0.15) is 78.8 Å². The number of carbonyl (C=O) groups excluding carboxylic acids is 2. The van der Waals surface area contributed by atoms with E-state index in [1.54, 1.807) is 19.2 Å². The molecule has 37 heavy (non-hydrogen) atoms.